The van der Waals surface area contributed by atoms with Crippen molar-refractivity contribution in [3.8, 4) is 0 Å². The summed E-state index contributed by atoms with van der Waals surface area (Å²) in [6, 6.07) is 11.9. The average molecular weight is 406 g/mol. The van der Waals surface area contributed by atoms with Crippen LogP contribution in [0.25, 0.3) is 5.57 Å². The number of benzene rings is 2. The fourth-order valence-electron chi connectivity index (χ4n) is 3.18. The number of ether oxygens (including phenoxy) is 1. The van der Waals surface area contributed by atoms with Crippen molar-refractivity contribution >= 4 is 33.2 Å². The van der Waals surface area contributed by atoms with Gasteiger partial charge in [-0.1, -0.05) is 34.1 Å². The second kappa shape index (κ2) is 6.98. The van der Waals surface area contributed by atoms with Crippen molar-refractivity contribution < 1.29 is 19.0 Å². The minimum atomic E-state index is -1.03. The Bertz CT molecular complexity index is 865. The highest BCUT2D eigenvalue weighted by molar-refractivity contribution is 9.10. The molecule has 0 bridgehead atoms. The molecule has 1 aliphatic rings. The van der Waals surface area contributed by atoms with E-state index in [-0.39, 0.29) is 11.4 Å². The van der Waals surface area contributed by atoms with Crippen LogP contribution in [0.4, 0.5) is 10.1 Å². The molecule has 1 heterocycles. The topological polar surface area (TPSA) is 49.8 Å². The normalized spacial score (nSPS) is 16.8. The van der Waals surface area contributed by atoms with E-state index in [2.05, 4.69) is 15.9 Å². The highest BCUT2D eigenvalue weighted by atomic mass is 79.9. The molecule has 6 heteroatoms. The number of carboxylic acids is 1. The van der Waals surface area contributed by atoms with Crippen LogP contribution >= 0.6 is 15.9 Å². The number of rotatable bonds is 4. The number of halogens is 2. The lowest BCUT2D eigenvalue weighted by Crippen LogP contribution is -2.43. The summed E-state index contributed by atoms with van der Waals surface area (Å²) in [6.07, 6.45) is -0.762. The number of hydrogen-bond acceptors (Lipinski definition) is 3. The number of anilines is 1. The van der Waals surface area contributed by atoms with Crippen molar-refractivity contribution in [2.45, 2.75) is 19.7 Å². The van der Waals surface area contributed by atoms with E-state index in [1.54, 1.807) is 19.1 Å². The lowest BCUT2D eigenvalue weighted by molar-refractivity contribution is -0.134. The molecular formula is C19H17BrFNO3. The Labute approximate surface area is 153 Å². The summed E-state index contributed by atoms with van der Waals surface area (Å²) >= 11 is 3.46. The zero-order valence-corrected chi connectivity index (χ0v) is 15.4. The second-order valence-electron chi connectivity index (χ2n) is 5.85. The Kier molecular flexibility index (Phi) is 4.92. The number of carboxylic acid groups (broad SMARTS) is 1. The molecule has 2 aromatic carbocycles. The summed E-state index contributed by atoms with van der Waals surface area (Å²) in [5.41, 5.74) is 3.25. The Balaban J connectivity index is 2.15. The predicted octanol–water partition coefficient (Wildman–Crippen LogP) is 4.44. The molecular weight excluding hydrogens is 389 g/mol. The van der Waals surface area contributed by atoms with Crippen LogP contribution in [0.2, 0.25) is 0 Å². The van der Waals surface area contributed by atoms with E-state index < -0.39 is 12.2 Å². The lowest BCUT2D eigenvalue weighted by Gasteiger charge is -2.39. The minimum Gasteiger partial charge on any atom is -0.478 e. The van der Waals surface area contributed by atoms with Crippen LogP contribution in [-0.2, 0) is 16.1 Å². The van der Waals surface area contributed by atoms with Gasteiger partial charge < -0.3 is 14.7 Å². The molecule has 0 amide bonds. The van der Waals surface area contributed by atoms with Gasteiger partial charge in [-0.3, -0.25) is 0 Å². The first-order chi connectivity index (χ1) is 11.9. The molecule has 0 aromatic heterocycles. The maximum Gasteiger partial charge on any atom is 0.336 e. The summed E-state index contributed by atoms with van der Waals surface area (Å²) in [7, 11) is 1.47. The first-order valence-corrected chi connectivity index (χ1v) is 8.49. The first kappa shape index (κ1) is 17.6. The van der Waals surface area contributed by atoms with E-state index in [4.69, 9.17) is 4.74 Å². The van der Waals surface area contributed by atoms with Gasteiger partial charge in [0, 0.05) is 29.4 Å². The summed E-state index contributed by atoms with van der Waals surface area (Å²) in [6.45, 7) is 2.10. The molecule has 1 N–H and O–H groups in total. The Morgan fingerprint density at radius 3 is 2.72 bits per heavy atom. The summed E-state index contributed by atoms with van der Waals surface area (Å²) in [5, 5.41) is 9.68. The molecule has 0 saturated carbocycles. The van der Waals surface area contributed by atoms with Crippen LogP contribution in [0.1, 0.15) is 18.1 Å². The van der Waals surface area contributed by atoms with Crippen LogP contribution in [0.5, 0.6) is 0 Å². The first-order valence-electron chi connectivity index (χ1n) is 7.70. The fourth-order valence-corrected chi connectivity index (χ4v) is 3.53. The number of aliphatic carboxylic acids is 1. The molecule has 4 nitrogen and oxygen atoms in total. The third-order valence-electron chi connectivity index (χ3n) is 4.30. The number of methoxy groups -OCH3 is 1. The van der Waals surface area contributed by atoms with Gasteiger partial charge in [0.15, 0.2) is 6.23 Å². The van der Waals surface area contributed by atoms with Crippen LogP contribution in [0.15, 0.2) is 52.5 Å². The summed E-state index contributed by atoms with van der Waals surface area (Å²) < 4.78 is 20.0. The third-order valence-corrected chi connectivity index (χ3v) is 4.80. The van der Waals surface area contributed by atoms with Crippen molar-refractivity contribution in [3.63, 3.8) is 0 Å². The van der Waals surface area contributed by atoms with Gasteiger partial charge >= 0.3 is 5.97 Å². The van der Waals surface area contributed by atoms with E-state index in [1.807, 2.05) is 23.1 Å². The van der Waals surface area contributed by atoms with Crippen LogP contribution < -0.4 is 4.90 Å². The molecule has 1 unspecified atom stereocenters. The van der Waals surface area contributed by atoms with E-state index >= 15 is 0 Å². The molecule has 0 saturated heterocycles. The van der Waals surface area contributed by atoms with E-state index in [9.17, 15) is 14.3 Å². The van der Waals surface area contributed by atoms with Gasteiger partial charge in [0.1, 0.15) is 5.82 Å². The number of nitrogens with zero attached hydrogens (tertiary/aromatic N) is 1. The lowest BCUT2D eigenvalue weighted by atomic mass is 9.92. The smallest absolute Gasteiger partial charge is 0.336 e. The van der Waals surface area contributed by atoms with Crippen LogP contribution in [0, 0.1) is 5.82 Å². The maximum absolute atomic E-state index is 13.6. The highest BCUT2D eigenvalue weighted by Gasteiger charge is 2.35. The summed E-state index contributed by atoms with van der Waals surface area (Å²) in [5.74, 6) is -1.36. The van der Waals surface area contributed by atoms with E-state index in [1.165, 1.54) is 19.2 Å². The Morgan fingerprint density at radius 1 is 1.32 bits per heavy atom. The van der Waals surface area contributed by atoms with Crippen LogP contribution in [0.3, 0.4) is 0 Å². The standard InChI is InChI=1S/C19H17BrFNO3/c1-11-15-7-6-13(20)9-16(15)22(18(25-2)17(11)19(23)24)10-12-4-3-5-14(21)8-12/h3-9,18H,10H2,1-2H3,(H,23,24). The average Bonchev–Trinajstić information content (AvgIpc) is 2.56. The summed E-state index contributed by atoms with van der Waals surface area (Å²) in [4.78, 5) is 13.7. The van der Waals surface area contributed by atoms with Crippen LogP contribution in [-0.4, -0.2) is 24.4 Å². The van der Waals surface area contributed by atoms with Gasteiger partial charge in [0.25, 0.3) is 0 Å². The van der Waals surface area contributed by atoms with Gasteiger partial charge in [-0.25, -0.2) is 9.18 Å². The SMILES string of the molecule is COC1C(C(=O)O)=C(C)c2ccc(Br)cc2N1Cc1cccc(F)c1. The van der Waals surface area contributed by atoms with E-state index in [0.717, 1.165) is 21.3 Å². The van der Waals surface area contributed by atoms with Crippen molar-refractivity contribution in [3.05, 3.63) is 69.5 Å². The van der Waals surface area contributed by atoms with Crippen molar-refractivity contribution in [1.29, 1.82) is 0 Å². The predicted molar refractivity (Wildman–Crippen MR) is 97.8 cm³/mol. The Hall–Kier alpha value is -2.18. The molecule has 0 spiro atoms. The number of carbonyl (C=O) groups is 1. The van der Waals surface area contributed by atoms with Crippen molar-refractivity contribution in [2.75, 3.05) is 12.0 Å². The maximum atomic E-state index is 13.6. The molecule has 3 rings (SSSR count). The van der Waals surface area contributed by atoms with Crippen molar-refractivity contribution in [1.82, 2.24) is 0 Å². The fraction of sp³-hybridized carbons (Fsp3) is 0.211. The molecule has 2 aromatic rings. The van der Waals surface area contributed by atoms with Gasteiger partial charge in [0.2, 0.25) is 0 Å². The molecule has 1 atom stereocenters. The number of hydrogen-bond donors (Lipinski definition) is 1. The molecule has 0 fully saturated rings. The Morgan fingerprint density at radius 2 is 2.08 bits per heavy atom. The van der Waals surface area contributed by atoms with E-state index in [0.29, 0.717) is 12.1 Å². The quantitative estimate of drug-likeness (QED) is 0.816. The zero-order valence-electron chi connectivity index (χ0n) is 13.8. The molecule has 130 valence electrons. The van der Waals surface area contributed by atoms with Gasteiger partial charge in [0.05, 0.1) is 5.57 Å². The molecule has 25 heavy (non-hydrogen) atoms. The third kappa shape index (κ3) is 3.32. The number of fused-ring (bicyclic) bond motifs is 1. The highest BCUT2D eigenvalue weighted by Crippen LogP contribution is 2.40. The molecule has 0 radical (unpaired) electrons. The van der Waals surface area contributed by atoms with Gasteiger partial charge in [-0.2, -0.15) is 0 Å². The van der Waals surface area contributed by atoms with Gasteiger partial charge in [-0.05, 0) is 42.3 Å². The minimum absolute atomic E-state index is 0.189. The molecule has 0 aliphatic carbocycles. The largest absolute Gasteiger partial charge is 0.478 e. The monoisotopic (exact) mass is 405 g/mol. The second-order valence-corrected chi connectivity index (χ2v) is 6.77. The van der Waals surface area contributed by atoms with Gasteiger partial charge in [-0.15, -0.1) is 0 Å². The molecule has 1 aliphatic heterocycles. The zero-order chi connectivity index (χ0) is 18.1. The van der Waals surface area contributed by atoms with Crippen molar-refractivity contribution in [2.24, 2.45) is 0 Å². The number of allylic oxidation sites excluding steroid dienone is 1.